The summed E-state index contributed by atoms with van der Waals surface area (Å²) in [5, 5.41) is 1.15. The quantitative estimate of drug-likeness (QED) is 0.270. The lowest BCUT2D eigenvalue weighted by molar-refractivity contribution is 0.292. The molecule has 0 bridgehead atoms. The summed E-state index contributed by atoms with van der Waals surface area (Å²) in [5.41, 5.74) is -0.402. The van der Waals surface area contributed by atoms with Crippen LogP contribution in [0.25, 0.3) is 33.1 Å². The zero-order valence-corrected chi connectivity index (χ0v) is 18.3. The molecular formula is C25H13BrF2O5. The van der Waals surface area contributed by atoms with Crippen molar-refractivity contribution < 1.29 is 22.4 Å². The molecule has 0 aliphatic heterocycles. The minimum absolute atomic E-state index is 0.151. The summed E-state index contributed by atoms with van der Waals surface area (Å²) in [7, 11) is 0. The average molecular weight is 511 g/mol. The van der Waals surface area contributed by atoms with E-state index in [-0.39, 0.29) is 29.1 Å². The predicted octanol–water partition coefficient (Wildman–Crippen LogP) is 6.19. The molecule has 0 aliphatic carbocycles. The van der Waals surface area contributed by atoms with E-state index in [1.807, 2.05) is 0 Å². The molecule has 0 saturated heterocycles. The molecule has 5 rings (SSSR count). The second-order valence-electron chi connectivity index (χ2n) is 7.26. The molecule has 0 unspecified atom stereocenters. The zero-order valence-electron chi connectivity index (χ0n) is 16.7. The number of benzene rings is 3. The molecule has 5 aromatic rings. The van der Waals surface area contributed by atoms with Crippen molar-refractivity contribution in [3.63, 3.8) is 0 Å². The summed E-state index contributed by atoms with van der Waals surface area (Å²) in [5.74, 6) is -1.21. The fraction of sp³-hybridized carbons (Fsp3) is 0.0400. The van der Waals surface area contributed by atoms with Gasteiger partial charge < -0.3 is 13.6 Å². The second kappa shape index (κ2) is 8.29. The number of hydrogen-bond donors (Lipinski definition) is 0. The van der Waals surface area contributed by atoms with Crippen LogP contribution < -0.4 is 16.0 Å². The maximum atomic E-state index is 13.9. The van der Waals surface area contributed by atoms with Crippen molar-refractivity contribution in [2.75, 3.05) is 0 Å². The number of halogens is 3. The lowest BCUT2D eigenvalue weighted by atomic mass is 10.0. The molecule has 0 radical (unpaired) electrons. The molecule has 0 atom stereocenters. The fourth-order valence-corrected chi connectivity index (χ4v) is 3.94. The maximum absolute atomic E-state index is 13.9. The SMILES string of the molecule is O=c1cc(-c2cc3cc(Br)ccc3oc2=O)c2ccc(OCc3c(F)cccc3F)cc2o1. The third-order valence-corrected chi connectivity index (χ3v) is 5.64. The highest BCUT2D eigenvalue weighted by molar-refractivity contribution is 9.10. The molecule has 33 heavy (non-hydrogen) atoms. The minimum atomic E-state index is -0.723. The van der Waals surface area contributed by atoms with Gasteiger partial charge in [0.1, 0.15) is 35.2 Å². The summed E-state index contributed by atoms with van der Waals surface area (Å²) in [6, 6.07) is 16.2. The van der Waals surface area contributed by atoms with Crippen molar-refractivity contribution in [2.45, 2.75) is 6.61 Å². The van der Waals surface area contributed by atoms with Gasteiger partial charge in [0.25, 0.3) is 0 Å². The number of rotatable bonds is 4. The molecule has 8 heteroatoms. The number of ether oxygens (including phenoxy) is 1. The lowest BCUT2D eigenvalue weighted by Crippen LogP contribution is -2.06. The van der Waals surface area contributed by atoms with Gasteiger partial charge in [0, 0.05) is 32.9 Å². The molecule has 0 saturated carbocycles. The molecule has 3 aromatic carbocycles. The Morgan fingerprint density at radius 1 is 0.818 bits per heavy atom. The number of fused-ring (bicyclic) bond motifs is 2. The van der Waals surface area contributed by atoms with Crippen LogP contribution in [0, 0.1) is 11.6 Å². The van der Waals surface area contributed by atoms with Crippen molar-refractivity contribution in [1.82, 2.24) is 0 Å². The predicted molar refractivity (Wildman–Crippen MR) is 122 cm³/mol. The molecular weight excluding hydrogens is 498 g/mol. The van der Waals surface area contributed by atoms with Crippen LogP contribution in [0.1, 0.15) is 5.56 Å². The van der Waals surface area contributed by atoms with Crippen LogP contribution >= 0.6 is 15.9 Å². The first kappa shape index (κ1) is 21.1. The monoisotopic (exact) mass is 510 g/mol. The third kappa shape index (κ3) is 4.05. The van der Waals surface area contributed by atoms with Gasteiger partial charge in [-0.05, 0) is 48.5 Å². The Morgan fingerprint density at radius 3 is 2.39 bits per heavy atom. The Labute approximate surface area is 193 Å². The Bertz CT molecular complexity index is 1640. The summed E-state index contributed by atoms with van der Waals surface area (Å²) >= 11 is 3.39. The molecule has 5 nitrogen and oxygen atoms in total. The van der Waals surface area contributed by atoms with Crippen molar-refractivity contribution in [3.05, 3.63) is 109 Å². The summed E-state index contributed by atoms with van der Waals surface area (Å²) in [6.45, 7) is -0.350. The minimum Gasteiger partial charge on any atom is -0.489 e. The molecule has 0 fully saturated rings. The van der Waals surface area contributed by atoms with Gasteiger partial charge in [-0.15, -0.1) is 0 Å². The van der Waals surface area contributed by atoms with E-state index in [1.54, 1.807) is 36.4 Å². The first-order chi connectivity index (χ1) is 15.9. The molecule has 0 spiro atoms. The molecule has 0 N–H and O–H groups in total. The van der Waals surface area contributed by atoms with Gasteiger partial charge in [-0.2, -0.15) is 0 Å². The topological polar surface area (TPSA) is 69.7 Å². The van der Waals surface area contributed by atoms with Crippen molar-refractivity contribution >= 4 is 37.9 Å². The summed E-state index contributed by atoms with van der Waals surface area (Å²) in [6.07, 6.45) is 0. The van der Waals surface area contributed by atoms with E-state index in [1.165, 1.54) is 18.2 Å². The van der Waals surface area contributed by atoms with E-state index < -0.39 is 22.9 Å². The van der Waals surface area contributed by atoms with E-state index in [0.29, 0.717) is 21.9 Å². The highest BCUT2D eigenvalue weighted by Gasteiger charge is 2.15. The Morgan fingerprint density at radius 2 is 1.61 bits per heavy atom. The van der Waals surface area contributed by atoms with E-state index >= 15 is 0 Å². The van der Waals surface area contributed by atoms with E-state index in [9.17, 15) is 18.4 Å². The highest BCUT2D eigenvalue weighted by atomic mass is 79.9. The molecule has 0 amide bonds. The first-order valence-corrected chi connectivity index (χ1v) is 10.6. The second-order valence-corrected chi connectivity index (χ2v) is 8.17. The van der Waals surface area contributed by atoms with Crippen LogP contribution in [0.5, 0.6) is 5.75 Å². The van der Waals surface area contributed by atoms with Crippen molar-refractivity contribution in [3.8, 4) is 16.9 Å². The van der Waals surface area contributed by atoms with Gasteiger partial charge in [-0.1, -0.05) is 22.0 Å². The van der Waals surface area contributed by atoms with Gasteiger partial charge in [0.2, 0.25) is 0 Å². The van der Waals surface area contributed by atoms with E-state index in [0.717, 1.165) is 16.6 Å². The average Bonchev–Trinajstić information content (AvgIpc) is 2.78. The van der Waals surface area contributed by atoms with Gasteiger partial charge in [-0.3, -0.25) is 0 Å². The van der Waals surface area contributed by atoms with Gasteiger partial charge in [0.15, 0.2) is 0 Å². The standard InChI is InChI=1S/C25H13BrF2O5/c26-14-4-7-22-13(8-14)9-18(25(30)33-22)17-11-24(29)32-23-10-15(5-6-16(17)23)31-12-19-20(27)2-1-3-21(19)28/h1-11H,12H2. The third-order valence-electron chi connectivity index (χ3n) is 5.15. The Hall–Kier alpha value is -3.78. The Kier molecular flexibility index (Phi) is 5.30. The number of hydrogen-bond acceptors (Lipinski definition) is 5. The molecule has 164 valence electrons. The normalized spacial score (nSPS) is 11.2. The van der Waals surface area contributed by atoms with Crippen LogP contribution in [-0.4, -0.2) is 0 Å². The maximum Gasteiger partial charge on any atom is 0.344 e. The largest absolute Gasteiger partial charge is 0.489 e. The fourth-order valence-electron chi connectivity index (χ4n) is 3.56. The van der Waals surface area contributed by atoms with Crippen LogP contribution in [0.2, 0.25) is 0 Å². The van der Waals surface area contributed by atoms with Crippen molar-refractivity contribution in [2.24, 2.45) is 0 Å². The summed E-state index contributed by atoms with van der Waals surface area (Å²) < 4.78 is 44.7. The summed E-state index contributed by atoms with van der Waals surface area (Å²) in [4.78, 5) is 24.9. The first-order valence-electron chi connectivity index (χ1n) is 9.76. The Balaban J connectivity index is 1.58. The highest BCUT2D eigenvalue weighted by Crippen LogP contribution is 2.30. The van der Waals surface area contributed by atoms with Crippen LogP contribution in [0.3, 0.4) is 0 Å². The molecule has 0 aliphatic rings. The molecule has 2 aromatic heterocycles. The zero-order chi connectivity index (χ0) is 23.1. The van der Waals surface area contributed by atoms with Crippen LogP contribution in [-0.2, 0) is 6.61 Å². The van der Waals surface area contributed by atoms with E-state index in [2.05, 4.69) is 15.9 Å². The van der Waals surface area contributed by atoms with Gasteiger partial charge in [-0.25, -0.2) is 18.4 Å². The van der Waals surface area contributed by atoms with Crippen LogP contribution in [0.15, 0.2) is 89.6 Å². The lowest BCUT2D eigenvalue weighted by Gasteiger charge is -2.10. The smallest absolute Gasteiger partial charge is 0.344 e. The van der Waals surface area contributed by atoms with Crippen molar-refractivity contribution in [1.29, 1.82) is 0 Å². The van der Waals surface area contributed by atoms with Gasteiger partial charge in [0.05, 0.1) is 11.1 Å². The van der Waals surface area contributed by atoms with Gasteiger partial charge >= 0.3 is 11.3 Å². The molecule has 2 heterocycles. The van der Waals surface area contributed by atoms with E-state index in [4.69, 9.17) is 13.6 Å². The van der Waals surface area contributed by atoms with Crippen LogP contribution in [0.4, 0.5) is 8.78 Å².